The number of benzene rings is 2. The molecule has 0 unspecified atom stereocenters. The van der Waals surface area contributed by atoms with Crippen LogP contribution in [0.25, 0.3) is 0 Å². The Bertz CT molecular complexity index is 782. The molecule has 0 aromatic heterocycles. The molecule has 1 fully saturated rings. The van der Waals surface area contributed by atoms with E-state index in [1.54, 1.807) is 0 Å². The summed E-state index contributed by atoms with van der Waals surface area (Å²) in [6, 6.07) is 13.3. The molecule has 0 atom stereocenters. The Morgan fingerprint density at radius 3 is 2.48 bits per heavy atom. The fourth-order valence-corrected chi connectivity index (χ4v) is 3.76. The molecule has 27 heavy (non-hydrogen) atoms. The summed E-state index contributed by atoms with van der Waals surface area (Å²) in [7, 11) is 0. The fourth-order valence-electron chi connectivity index (χ4n) is 3.76. The van der Waals surface area contributed by atoms with E-state index in [0.717, 1.165) is 12.0 Å². The van der Waals surface area contributed by atoms with Crippen molar-refractivity contribution in [2.75, 3.05) is 5.32 Å². The minimum atomic E-state index is -0.480. The molecule has 1 aliphatic rings. The predicted octanol–water partition coefficient (Wildman–Crippen LogP) is 5.55. The molecule has 4 heteroatoms. The summed E-state index contributed by atoms with van der Waals surface area (Å²) in [6.45, 7) is 0. The highest BCUT2D eigenvalue weighted by Gasteiger charge is 2.18. The van der Waals surface area contributed by atoms with Crippen molar-refractivity contribution in [3.8, 4) is 0 Å². The molecule has 1 saturated carbocycles. The van der Waals surface area contributed by atoms with Crippen molar-refractivity contribution in [1.29, 1.82) is 0 Å². The molecule has 142 valence electrons. The number of rotatable bonds is 7. The molecule has 0 saturated heterocycles. The molecular formula is C23H26FNO2. The van der Waals surface area contributed by atoms with Crippen molar-refractivity contribution in [3.05, 3.63) is 65.5 Å². The Morgan fingerprint density at radius 2 is 1.74 bits per heavy atom. The van der Waals surface area contributed by atoms with Gasteiger partial charge < -0.3 is 5.32 Å². The Balaban J connectivity index is 1.64. The van der Waals surface area contributed by atoms with Crippen LogP contribution in [0.3, 0.4) is 0 Å². The summed E-state index contributed by atoms with van der Waals surface area (Å²) in [5.41, 5.74) is 1.48. The zero-order chi connectivity index (χ0) is 19.1. The number of carbonyl (C=O) groups is 2. The number of halogens is 1. The van der Waals surface area contributed by atoms with Gasteiger partial charge in [0, 0.05) is 18.4 Å². The monoisotopic (exact) mass is 367 g/mol. The maximum atomic E-state index is 13.7. The molecule has 1 amide bonds. The lowest BCUT2D eigenvalue weighted by Gasteiger charge is -2.21. The first-order valence-electron chi connectivity index (χ1n) is 9.78. The molecular weight excluding hydrogens is 341 g/mol. The number of Topliss-reactive ketones (excluding diaryl/α,β-unsaturated/α-hetero) is 1. The van der Waals surface area contributed by atoms with E-state index >= 15 is 0 Å². The fraction of sp³-hybridized carbons (Fsp3) is 0.391. The first-order valence-corrected chi connectivity index (χ1v) is 9.78. The van der Waals surface area contributed by atoms with Gasteiger partial charge in [-0.05, 0) is 36.1 Å². The molecule has 0 heterocycles. The van der Waals surface area contributed by atoms with Gasteiger partial charge in [0.1, 0.15) is 5.82 Å². The zero-order valence-corrected chi connectivity index (χ0v) is 15.5. The van der Waals surface area contributed by atoms with Crippen molar-refractivity contribution < 1.29 is 14.0 Å². The molecule has 2 aromatic carbocycles. The quantitative estimate of drug-likeness (QED) is 0.652. The number of hydrogen-bond donors (Lipinski definition) is 1. The van der Waals surface area contributed by atoms with Gasteiger partial charge in [-0.25, -0.2) is 4.39 Å². The van der Waals surface area contributed by atoms with Crippen molar-refractivity contribution in [1.82, 2.24) is 0 Å². The van der Waals surface area contributed by atoms with E-state index in [2.05, 4.69) is 5.32 Å². The Kier molecular flexibility index (Phi) is 6.74. The van der Waals surface area contributed by atoms with Gasteiger partial charge in [0.05, 0.1) is 5.69 Å². The lowest BCUT2D eigenvalue weighted by Crippen LogP contribution is -2.17. The normalized spacial score (nSPS) is 14.7. The van der Waals surface area contributed by atoms with Crippen LogP contribution >= 0.6 is 0 Å². The molecule has 0 spiro atoms. The van der Waals surface area contributed by atoms with Gasteiger partial charge in [-0.15, -0.1) is 0 Å². The number of nitrogens with one attached hydrogen (secondary N) is 1. The largest absolute Gasteiger partial charge is 0.325 e. The Hall–Kier alpha value is -2.49. The molecule has 0 aliphatic heterocycles. The number of carbonyl (C=O) groups excluding carboxylic acids is 2. The average Bonchev–Trinajstić information content (AvgIpc) is 2.69. The van der Waals surface area contributed by atoms with Gasteiger partial charge in [-0.1, -0.05) is 62.4 Å². The van der Waals surface area contributed by atoms with E-state index in [9.17, 15) is 14.0 Å². The summed E-state index contributed by atoms with van der Waals surface area (Å²) >= 11 is 0. The van der Waals surface area contributed by atoms with Gasteiger partial charge in [0.25, 0.3) is 0 Å². The summed E-state index contributed by atoms with van der Waals surface area (Å²) in [4.78, 5) is 25.0. The van der Waals surface area contributed by atoms with Crippen LogP contribution in [0.2, 0.25) is 0 Å². The predicted molar refractivity (Wildman–Crippen MR) is 105 cm³/mol. The smallest absolute Gasteiger partial charge is 0.224 e. The van der Waals surface area contributed by atoms with Crippen LogP contribution in [0.1, 0.15) is 60.9 Å². The minimum absolute atomic E-state index is 0.110. The van der Waals surface area contributed by atoms with Crippen molar-refractivity contribution in [2.24, 2.45) is 5.92 Å². The van der Waals surface area contributed by atoms with Gasteiger partial charge >= 0.3 is 0 Å². The van der Waals surface area contributed by atoms with Crippen LogP contribution in [-0.4, -0.2) is 11.7 Å². The van der Waals surface area contributed by atoms with Crippen LogP contribution in [0.15, 0.2) is 48.5 Å². The summed E-state index contributed by atoms with van der Waals surface area (Å²) in [5.74, 6) is -0.173. The lowest BCUT2D eigenvalue weighted by molar-refractivity contribution is -0.116. The van der Waals surface area contributed by atoms with Crippen LogP contribution in [0, 0.1) is 11.7 Å². The van der Waals surface area contributed by atoms with Gasteiger partial charge in [0.15, 0.2) is 5.78 Å². The number of anilines is 1. The highest BCUT2D eigenvalue weighted by atomic mass is 19.1. The maximum Gasteiger partial charge on any atom is 0.224 e. The molecule has 0 radical (unpaired) electrons. The van der Waals surface area contributed by atoms with Crippen LogP contribution in [0.4, 0.5) is 10.1 Å². The minimum Gasteiger partial charge on any atom is -0.325 e. The van der Waals surface area contributed by atoms with Crippen LogP contribution in [-0.2, 0) is 11.2 Å². The van der Waals surface area contributed by atoms with E-state index in [4.69, 9.17) is 0 Å². The summed E-state index contributed by atoms with van der Waals surface area (Å²) < 4.78 is 13.7. The van der Waals surface area contributed by atoms with Crippen molar-refractivity contribution >= 4 is 17.4 Å². The molecule has 1 aliphatic carbocycles. The molecule has 3 rings (SSSR count). The number of hydrogen-bond acceptors (Lipinski definition) is 2. The maximum absolute atomic E-state index is 13.7. The third-order valence-electron chi connectivity index (χ3n) is 5.27. The van der Waals surface area contributed by atoms with E-state index in [0.29, 0.717) is 18.0 Å². The number of ketones is 1. The second-order valence-corrected chi connectivity index (χ2v) is 7.37. The second-order valence-electron chi connectivity index (χ2n) is 7.37. The third kappa shape index (κ3) is 5.75. The van der Waals surface area contributed by atoms with E-state index < -0.39 is 5.82 Å². The lowest BCUT2D eigenvalue weighted by atomic mass is 9.86. The highest BCUT2D eigenvalue weighted by molar-refractivity contribution is 6.05. The topological polar surface area (TPSA) is 46.2 Å². The molecule has 2 aromatic rings. The summed E-state index contributed by atoms with van der Waals surface area (Å²) in [5, 5.41) is 2.82. The Labute approximate surface area is 160 Å². The third-order valence-corrected chi connectivity index (χ3v) is 5.27. The van der Waals surface area contributed by atoms with Crippen LogP contribution < -0.4 is 5.32 Å². The van der Waals surface area contributed by atoms with Gasteiger partial charge in [-0.3, -0.25) is 9.59 Å². The SMILES string of the molecule is O=C(CCC1CCCCC1)Nc1ccc(F)cc1C(=O)Cc1ccccc1. The average molecular weight is 367 g/mol. The van der Waals surface area contributed by atoms with Crippen molar-refractivity contribution in [2.45, 2.75) is 51.4 Å². The molecule has 3 nitrogen and oxygen atoms in total. The van der Waals surface area contributed by atoms with Gasteiger partial charge in [0.2, 0.25) is 5.91 Å². The zero-order valence-electron chi connectivity index (χ0n) is 15.5. The van der Waals surface area contributed by atoms with Crippen molar-refractivity contribution in [3.63, 3.8) is 0 Å². The molecule has 1 N–H and O–H groups in total. The Morgan fingerprint density at radius 1 is 1.00 bits per heavy atom. The summed E-state index contributed by atoms with van der Waals surface area (Å²) in [6.07, 6.45) is 7.69. The molecule has 0 bridgehead atoms. The van der Waals surface area contributed by atoms with E-state index in [1.807, 2.05) is 30.3 Å². The standard InChI is InChI=1S/C23H26FNO2/c24-19-12-13-21(25-23(27)14-11-17-7-3-1-4-8-17)20(16-19)22(26)15-18-9-5-2-6-10-18/h2,5-6,9-10,12-13,16-17H,1,3-4,7-8,11,14-15H2,(H,25,27). The highest BCUT2D eigenvalue weighted by Crippen LogP contribution is 2.27. The number of amides is 1. The first-order chi connectivity index (χ1) is 13.1. The van der Waals surface area contributed by atoms with E-state index in [-0.39, 0.29) is 23.7 Å². The second kappa shape index (κ2) is 9.45. The first kappa shape index (κ1) is 19.3. The van der Waals surface area contributed by atoms with Crippen LogP contribution in [0.5, 0.6) is 0 Å². The van der Waals surface area contributed by atoms with E-state index in [1.165, 1.54) is 50.3 Å². The van der Waals surface area contributed by atoms with Gasteiger partial charge in [-0.2, -0.15) is 0 Å².